The zero-order chi connectivity index (χ0) is 16.2. The van der Waals surface area contributed by atoms with Gasteiger partial charge in [-0.3, -0.25) is 9.78 Å². The number of amides is 1. The summed E-state index contributed by atoms with van der Waals surface area (Å²) in [5.41, 5.74) is 3.20. The van der Waals surface area contributed by atoms with Crippen LogP contribution in [0.1, 0.15) is 29.9 Å². The first-order chi connectivity index (χ1) is 11.2. The second-order valence-electron chi connectivity index (χ2n) is 5.63. The van der Waals surface area contributed by atoms with Crippen LogP contribution in [0.25, 0.3) is 0 Å². The van der Waals surface area contributed by atoms with Gasteiger partial charge in [0.2, 0.25) is 5.91 Å². The largest absolute Gasteiger partial charge is 0.493 e. The van der Waals surface area contributed by atoms with Crippen LogP contribution in [0.2, 0.25) is 0 Å². The first kappa shape index (κ1) is 15.3. The first-order valence-electron chi connectivity index (χ1n) is 7.66. The van der Waals surface area contributed by atoms with E-state index in [9.17, 15) is 4.79 Å². The highest BCUT2D eigenvalue weighted by Crippen LogP contribution is 2.41. The fourth-order valence-electron chi connectivity index (χ4n) is 3.10. The Labute approximate surface area is 135 Å². The molecular weight excluding hydrogens is 292 g/mol. The van der Waals surface area contributed by atoms with Gasteiger partial charge < -0.3 is 14.8 Å². The lowest BCUT2D eigenvalue weighted by Crippen LogP contribution is -2.14. The molecule has 1 amide bonds. The molecule has 5 heteroatoms. The number of methoxy groups -OCH3 is 2. The van der Waals surface area contributed by atoms with Crippen molar-refractivity contribution in [3.05, 3.63) is 47.8 Å². The van der Waals surface area contributed by atoms with E-state index in [1.165, 1.54) is 11.1 Å². The predicted octanol–water partition coefficient (Wildman–Crippen LogP) is 3.16. The van der Waals surface area contributed by atoms with Gasteiger partial charge in [0.05, 0.1) is 14.2 Å². The lowest BCUT2D eigenvalue weighted by Gasteiger charge is -2.14. The number of fused-ring (bicyclic) bond motifs is 1. The topological polar surface area (TPSA) is 60.5 Å². The first-order valence-corrected chi connectivity index (χ1v) is 7.66. The van der Waals surface area contributed by atoms with E-state index in [0.29, 0.717) is 12.2 Å². The molecule has 0 saturated heterocycles. The molecule has 0 saturated carbocycles. The molecule has 1 aromatic heterocycles. The van der Waals surface area contributed by atoms with E-state index in [-0.39, 0.29) is 11.8 Å². The number of nitrogens with one attached hydrogen (secondary N) is 1. The van der Waals surface area contributed by atoms with E-state index in [1.54, 1.807) is 38.7 Å². The van der Waals surface area contributed by atoms with E-state index in [0.717, 1.165) is 24.3 Å². The van der Waals surface area contributed by atoms with Gasteiger partial charge in [-0.05, 0) is 54.2 Å². The van der Waals surface area contributed by atoms with Crippen LogP contribution in [-0.4, -0.2) is 25.1 Å². The Balaban J connectivity index is 1.73. The van der Waals surface area contributed by atoms with Crippen LogP contribution in [0, 0.1) is 0 Å². The van der Waals surface area contributed by atoms with Gasteiger partial charge in [-0.1, -0.05) is 0 Å². The summed E-state index contributed by atoms with van der Waals surface area (Å²) < 4.78 is 10.7. The number of aryl methyl sites for hydroxylation is 1. The summed E-state index contributed by atoms with van der Waals surface area (Å²) >= 11 is 0. The Morgan fingerprint density at radius 3 is 2.61 bits per heavy atom. The second-order valence-corrected chi connectivity index (χ2v) is 5.63. The Bertz CT molecular complexity index is 701. The molecule has 1 heterocycles. The third-order valence-corrected chi connectivity index (χ3v) is 4.24. The number of benzene rings is 1. The lowest BCUT2D eigenvalue weighted by molar-refractivity contribution is -0.116. The molecule has 1 aliphatic rings. The summed E-state index contributed by atoms with van der Waals surface area (Å²) in [6.07, 6.45) is 5.72. The number of anilines is 1. The van der Waals surface area contributed by atoms with Crippen molar-refractivity contribution in [2.24, 2.45) is 0 Å². The summed E-state index contributed by atoms with van der Waals surface area (Å²) in [7, 11) is 3.27. The van der Waals surface area contributed by atoms with Crippen LogP contribution in [0.15, 0.2) is 36.7 Å². The lowest BCUT2D eigenvalue weighted by atomic mass is 9.97. The van der Waals surface area contributed by atoms with Gasteiger partial charge in [-0.15, -0.1) is 0 Å². The number of carbonyl (C=O) groups excluding carboxylic acids is 1. The summed E-state index contributed by atoms with van der Waals surface area (Å²) in [5.74, 6) is 1.69. The molecule has 1 N–H and O–H groups in total. The van der Waals surface area contributed by atoms with E-state index in [4.69, 9.17) is 9.47 Å². The molecule has 2 aromatic rings. The number of pyridine rings is 1. The molecule has 5 nitrogen and oxygen atoms in total. The van der Waals surface area contributed by atoms with Gasteiger partial charge in [-0.25, -0.2) is 0 Å². The fraction of sp³-hybridized carbons (Fsp3) is 0.333. The quantitative estimate of drug-likeness (QED) is 0.921. The summed E-state index contributed by atoms with van der Waals surface area (Å²) in [5, 5.41) is 2.92. The normalized spacial score (nSPS) is 15.8. The highest BCUT2D eigenvalue weighted by Gasteiger charge is 2.26. The number of aromatic nitrogens is 1. The zero-order valence-electron chi connectivity index (χ0n) is 13.3. The van der Waals surface area contributed by atoms with Crippen molar-refractivity contribution in [2.75, 3.05) is 19.5 Å². The number of ether oxygens (including phenoxy) is 2. The van der Waals surface area contributed by atoms with Crippen LogP contribution in [0.4, 0.5) is 5.69 Å². The number of hydrogen-bond donors (Lipinski definition) is 1. The molecule has 0 spiro atoms. The highest BCUT2D eigenvalue weighted by molar-refractivity contribution is 5.91. The molecular formula is C18H20N2O3. The molecule has 1 unspecified atom stereocenters. The number of rotatable bonds is 5. The highest BCUT2D eigenvalue weighted by atomic mass is 16.5. The molecule has 1 atom stereocenters. The van der Waals surface area contributed by atoms with Crippen molar-refractivity contribution in [1.29, 1.82) is 0 Å². The Hall–Kier alpha value is -2.56. The smallest absolute Gasteiger partial charge is 0.224 e. The van der Waals surface area contributed by atoms with Crippen LogP contribution in [0.5, 0.6) is 11.5 Å². The predicted molar refractivity (Wildman–Crippen MR) is 88.1 cm³/mol. The van der Waals surface area contributed by atoms with Gasteiger partial charge >= 0.3 is 0 Å². The Morgan fingerprint density at radius 1 is 1.22 bits per heavy atom. The second kappa shape index (κ2) is 6.69. The SMILES string of the molecule is COc1cc2c(cc1OC)C(CC(=O)Nc1ccncc1)CC2. The van der Waals surface area contributed by atoms with Crippen LogP contribution in [0.3, 0.4) is 0 Å². The number of hydrogen-bond acceptors (Lipinski definition) is 4. The summed E-state index contributed by atoms with van der Waals surface area (Å²) in [6.45, 7) is 0. The molecule has 1 aliphatic carbocycles. The summed E-state index contributed by atoms with van der Waals surface area (Å²) in [4.78, 5) is 16.2. The van der Waals surface area contributed by atoms with Gasteiger partial charge in [0.1, 0.15) is 0 Å². The maximum atomic E-state index is 12.3. The van der Waals surface area contributed by atoms with E-state index >= 15 is 0 Å². The average molecular weight is 312 g/mol. The van der Waals surface area contributed by atoms with E-state index < -0.39 is 0 Å². The molecule has 23 heavy (non-hydrogen) atoms. The molecule has 0 bridgehead atoms. The summed E-state index contributed by atoms with van der Waals surface area (Å²) in [6, 6.07) is 7.60. The van der Waals surface area contributed by atoms with Crippen molar-refractivity contribution in [2.45, 2.75) is 25.2 Å². The molecule has 0 aliphatic heterocycles. The van der Waals surface area contributed by atoms with Gasteiger partial charge in [0.15, 0.2) is 11.5 Å². The third-order valence-electron chi connectivity index (χ3n) is 4.24. The van der Waals surface area contributed by atoms with Crippen molar-refractivity contribution in [3.8, 4) is 11.5 Å². The standard InChI is InChI=1S/C18H20N2O3/c1-22-16-9-12-3-4-13(15(12)11-17(16)23-2)10-18(21)20-14-5-7-19-8-6-14/h5-9,11,13H,3-4,10H2,1-2H3,(H,19,20,21). The van der Waals surface area contributed by atoms with Gasteiger partial charge in [0, 0.05) is 24.5 Å². The zero-order valence-corrected chi connectivity index (χ0v) is 13.3. The fourth-order valence-corrected chi connectivity index (χ4v) is 3.10. The minimum absolute atomic E-state index is 0.0174. The van der Waals surface area contributed by atoms with Crippen LogP contribution >= 0.6 is 0 Å². The molecule has 0 radical (unpaired) electrons. The molecule has 3 rings (SSSR count). The monoisotopic (exact) mass is 312 g/mol. The number of nitrogens with zero attached hydrogens (tertiary/aromatic N) is 1. The van der Waals surface area contributed by atoms with Gasteiger partial charge in [-0.2, -0.15) is 0 Å². The maximum absolute atomic E-state index is 12.3. The molecule has 120 valence electrons. The van der Waals surface area contributed by atoms with Crippen LogP contribution < -0.4 is 14.8 Å². The van der Waals surface area contributed by atoms with E-state index in [1.807, 2.05) is 12.1 Å². The van der Waals surface area contributed by atoms with Gasteiger partial charge in [0.25, 0.3) is 0 Å². The van der Waals surface area contributed by atoms with Crippen molar-refractivity contribution < 1.29 is 14.3 Å². The molecule has 1 aromatic carbocycles. The minimum Gasteiger partial charge on any atom is -0.493 e. The number of carbonyl (C=O) groups is 1. The van der Waals surface area contributed by atoms with Crippen molar-refractivity contribution in [1.82, 2.24) is 4.98 Å². The minimum atomic E-state index is 0.0174. The third kappa shape index (κ3) is 3.28. The maximum Gasteiger partial charge on any atom is 0.224 e. The Kier molecular flexibility index (Phi) is 4.46. The Morgan fingerprint density at radius 2 is 1.91 bits per heavy atom. The van der Waals surface area contributed by atoms with E-state index in [2.05, 4.69) is 10.3 Å². The van der Waals surface area contributed by atoms with Crippen molar-refractivity contribution >= 4 is 11.6 Å². The van der Waals surface area contributed by atoms with Crippen LogP contribution in [-0.2, 0) is 11.2 Å². The van der Waals surface area contributed by atoms with Crippen molar-refractivity contribution in [3.63, 3.8) is 0 Å². The molecule has 0 fully saturated rings. The average Bonchev–Trinajstić information content (AvgIpc) is 2.96.